The van der Waals surface area contributed by atoms with Gasteiger partial charge in [0.05, 0.1) is 13.2 Å². The summed E-state index contributed by atoms with van der Waals surface area (Å²) < 4.78 is 5.01. The number of amides is 1. The molecule has 0 spiro atoms. The molecule has 1 aliphatic rings. The van der Waals surface area contributed by atoms with E-state index in [1.165, 1.54) is 0 Å². The monoisotopic (exact) mass is 350 g/mol. The van der Waals surface area contributed by atoms with E-state index in [1.54, 1.807) is 11.8 Å². The fraction of sp³-hybridized carbons (Fsp3) is 0.556. The van der Waals surface area contributed by atoms with E-state index in [9.17, 15) is 9.59 Å². The summed E-state index contributed by atoms with van der Waals surface area (Å²) >= 11 is 1.64. The van der Waals surface area contributed by atoms with E-state index in [0.29, 0.717) is 26.2 Å². The zero-order valence-electron chi connectivity index (χ0n) is 14.7. The lowest BCUT2D eigenvalue weighted by molar-refractivity contribution is -0.144. The minimum Gasteiger partial charge on any atom is -0.465 e. The topological polar surface area (TPSA) is 49.9 Å². The number of esters is 1. The Labute approximate surface area is 148 Å². The number of carbonyl (C=O) groups excluding carboxylic acids is 2. The van der Waals surface area contributed by atoms with Crippen LogP contribution < -0.4 is 0 Å². The molecule has 1 heterocycles. The quantitative estimate of drug-likeness (QED) is 0.603. The van der Waals surface area contributed by atoms with Gasteiger partial charge in [0.2, 0.25) is 0 Å². The molecular formula is C18H26N2O3S. The Morgan fingerprint density at radius 2 is 2.00 bits per heavy atom. The van der Waals surface area contributed by atoms with Crippen LogP contribution in [0.25, 0.3) is 0 Å². The highest BCUT2D eigenvalue weighted by Crippen LogP contribution is 2.21. The maximum atomic E-state index is 12.9. The van der Waals surface area contributed by atoms with Crippen LogP contribution in [0.3, 0.4) is 0 Å². The van der Waals surface area contributed by atoms with Crippen molar-refractivity contribution in [2.45, 2.75) is 25.2 Å². The van der Waals surface area contributed by atoms with Gasteiger partial charge in [0, 0.05) is 36.6 Å². The van der Waals surface area contributed by atoms with Crippen molar-refractivity contribution in [3.63, 3.8) is 0 Å². The Bertz CT molecular complexity index is 592. The Balaban J connectivity index is 2.00. The van der Waals surface area contributed by atoms with Gasteiger partial charge in [-0.25, -0.2) is 0 Å². The van der Waals surface area contributed by atoms with Gasteiger partial charge in [-0.3, -0.25) is 14.5 Å². The van der Waals surface area contributed by atoms with E-state index in [-0.39, 0.29) is 11.9 Å². The van der Waals surface area contributed by atoms with Gasteiger partial charge < -0.3 is 9.64 Å². The van der Waals surface area contributed by atoms with Crippen LogP contribution in [-0.4, -0.2) is 67.3 Å². The Hall–Kier alpha value is -1.53. The second-order valence-corrected chi connectivity index (χ2v) is 6.79. The zero-order valence-corrected chi connectivity index (χ0v) is 15.5. The number of rotatable bonds is 5. The van der Waals surface area contributed by atoms with Crippen molar-refractivity contribution in [3.8, 4) is 0 Å². The van der Waals surface area contributed by atoms with Gasteiger partial charge in [-0.05, 0) is 44.2 Å². The molecule has 0 N–H and O–H groups in total. The molecule has 132 valence electrons. The molecule has 1 saturated heterocycles. The Morgan fingerprint density at radius 1 is 1.21 bits per heavy atom. The van der Waals surface area contributed by atoms with Crippen molar-refractivity contribution in [1.82, 2.24) is 9.80 Å². The number of aryl methyl sites for hydroxylation is 1. The number of hydrogen-bond donors (Lipinski definition) is 0. The van der Waals surface area contributed by atoms with Gasteiger partial charge in [0.15, 0.2) is 0 Å². The summed E-state index contributed by atoms with van der Waals surface area (Å²) in [6.07, 6.45) is 2.88. The van der Waals surface area contributed by atoms with Crippen molar-refractivity contribution in [2.75, 3.05) is 45.6 Å². The van der Waals surface area contributed by atoms with E-state index in [1.807, 2.05) is 43.2 Å². The molecule has 0 bridgehead atoms. The fourth-order valence-corrected chi connectivity index (χ4v) is 3.29. The molecule has 2 rings (SSSR count). The predicted octanol–water partition coefficient (Wildman–Crippen LogP) is 2.43. The maximum Gasteiger partial charge on any atom is 0.320 e. The molecule has 1 amide bonds. The number of carbonyl (C=O) groups is 2. The first-order valence-electron chi connectivity index (χ1n) is 8.37. The van der Waals surface area contributed by atoms with Crippen LogP contribution in [0.15, 0.2) is 23.1 Å². The van der Waals surface area contributed by atoms with Crippen LogP contribution in [0.4, 0.5) is 0 Å². The van der Waals surface area contributed by atoms with Crippen LogP contribution in [0.5, 0.6) is 0 Å². The van der Waals surface area contributed by atoms with Gasteiger partial charge >= 0.3 is 5.97 Å². The minimum absolute atomic E-state index is 0.0846. The Morgan fingerprint density at radius 3 is 2.71 bits per heavy atom. The average Bonchev–Trinajstić information content (AvgIpc) is 2.80. The maximum absolute atomic E-state index is 12.9. The summed E-state index contributed by atoms with van der Waals surface area (Å²) in [5.41, 5.74) is 1.78. The molecule has 1 fully saturated rings. The molecule has 24 heavy (non-hydrogen) atoms. The summed E-state index contributed by atoms with van der Waals surface area (Å²) in [5, 5.41) is 0. The highest BCUT2D eigenvalue weighted by Gasteiger charge is 2.22. The number of thioether (sulfide) groups is 1. The van der Waals surface area contributed by atoms with Gasteiger partial charge in [-0.15, -0.1) is 11.8 Å². The van der Waals surface area contributed by atoms with E-state index < -0.39 is 0 Å². The van der Waals surface area contributed by atoms with Crippen molar-refractivity contribution < 1.29 is 14.3 Å². The molecule has 0 aliphatic carbocycles. The standard InChI is InChI=1S/C18H26N2O3S/c1-4-23-17(21)13-19-8-5-9-20(11-10-19)18(22)16-12-15(24-3)7-6-14(16)2/h6-7,12H,4-5,8-11,13H2,1-3H3. The number of benzene rings is 1. The number of ether oxygens (including phenoxy) is 1. The first-order chi connectivity index (χ1) is 11.5. The molecule has 0 atom stereocenters. The van der Waals surface area contributed by atoms with Crippen molar-refractivity contribution in [1.29, 1.82) is 0 Å². The summed E-state index contributed by atoms with van der Waals surface area (Å²) in [5.74, 6) is -0.109. The second kappa shape index (κ2) is 9.08. The van der Waals surface area contributed by atoms with Crippen LogP contribution in [0.1, 0.15) is 29.3 Å². The fourth-order valence-electron chi connectivity index (χ4n) is 2.85. The molecule has 0 aromatic heterocycles. The highest BCUT2D eigenvalue weighted by atomic mass is 32.2. The first-order valence-corrected chi connectivity index (χ1v) is 9.59. The number of nitrogens with zero attached hydrogens (tertiary/aromatic N) is 2. The summed E-state index contributed by atoms with van der Waals surface area (Å²) in [6, 6.07) is 6.02. The molecule has 5 nitrogen and oxygen atoms in total. The molecule has 0 unspecified atom stereocenters. The molecular weight excluding hydrogens is 324 g/mol. The summed E-state index contributed by atoms with van der Waals surface area (Å²) in [4.78, 5) is 29.6. The van der Waals surface area contributed by atoms with Gasteiger partial charge in [-0.1, -0.05) is 6.07 Å². The van der Waals surface area contributed by atoms with E-state index in [4.69, 9.17) is 4.74 Å². The van der Waals surface area contributed by atoms with Crippen molar-refractivity contribution in [3.05, 3.63) is 29.3 Å². The van der Waals surface area contributed by atoms with Gasteiger partial charge in [0.1, 0.15) is 0 Å². The first kappa shape index (κ1) is 18.8. The molecule has 0 saturated carbocycles. The lowest BCUT2D eigenvalue weighted by Crippen LogP contribution is -2.37. The lowest BCUT2D eigenvalue weighted by atomic mass is 10.1. The molecule has 6 heteroatoms. The largest absolute Gasteiger partial charge is 0.465 e. The minimum atomic E-state index is -0.194. The third kappa shape index (κ3) is 4.98. The highest BCUT2D eigenvalue weighted by molar-refractivity contribution is 7.98. The third-order valence-electron chi connectivity index (χ3n) is 4.21. The van der Waals surface area contributed by atoms with Gasteiger partial charge in [0.25, 0.3) is 5.91 Å². The zero-order chi connectivity index (χ0) is 17.5. The van der Waals surface area contributed by atoms with Crippen molar-refractivity contribution in [2.24, 2.45) is 0 Å². The van der Waals surface area contributed by atoms with E-state index in [0.717, 1.165) is 35.5 Å². The molecule has 1 aromatic rings. The molecule has 1 aliphatic heterocycles. The van der Waals surface area contributed by atoms with Crippen LogP contribution in [0.2, 0.25) is 0 Å². The molecule has 0 radical (unpaired) electrons. The van der Waals surface area contributed by atoms with Gasteiger partial charge in [-0.2, -0.15) is 0 Å². The summed E-state index contributed by atoms with van der Waals surface area (Å²) in [6.45, 7) is 7.37. The second-order valence-electron chi connectivity index (χ2n) is 5.91. The molecule has 1 aromatic carbocycles. The van der Waals surface area contributed by atoms with E-state index in [2.05, 4.69) is 4.90 Å². The average molecular weight is 350 g/mol. The van der Waals surface area contributed by atoms with E-state index >= 15 is 0 Å². The normalized spacial score (nSPS) is 15.9. The van der Waals surface area contributed by atoms with Crippen LogP contribution >= 0.6 is 11.8 Å². The third-order valence-corrected chi connectivity index (χ3v) is 4.93. The Kier molecular flexibility index (Phi) is 7.12. The van der Waals surface area contributed by atoms with Crippen LogP contribution in [0, 0.1) is 6.92 Å². The smallest absolute Gasteiger partial charge is 0.320 e. The number of hydrogen-bond acceptors (Lipinski definition) is 5. The lowest BCUT2D eigenvalue weighted by Gasteiger charge is -2.22. The SMILES string of the molecule is CCOC(=O)CN1CCCN(C(=O)c2cc(SC)ccc2C)CC1. The van der Waals surface area contributed by atoms with Crippen molar-refractivity contribution >= 4 is 23.6 Å². The summed E-state index contributed by atoms with van der Waals surface area (Å²) in [7, 11) is 0. The predicted molar refractivity (Wildman–Crippen MR) is 96.6 cm³/mol. The van der Waals surface area contributed by atoms with Crippen LogP contribution in [-0.2, 0) is 9.53 Å².